The van der Waals surface area contributed by atoms with Crippen LogP contribution in [0.2, 0.25) is 0 Å². The van der Waals surface area contributed by atoms with Crippen molar-refractivity contribution in [1.82, 2.24) is 20.1 Å². The van der Waals surface area contributed by atoms with Crippen LogP contribution in [-0.2, 0) is 27.3 Å². The number of sulfone groups is 1. The van der Waals surface area contributed by atoms with Crippen LogP contribution in [0.15, 0.2) is 77.7 Å². The van der Waals surface area contributed by atoms with E-state index >= 15 is 0 Å². The normalized spacial score (nSPS) is 17.7. The average Bonchev–Trinajstić information content (AvgIpc) is 3.11. The van der Waals surface area contributed by atoms with Gasteiger partial charge in [0.2, 0.25) is 0 Å². The summed E-state index contributed by atoms with van der Waals surface area (Å²) in [6.07, 6.45) is -2.80. The van der Waals surface area contributed by atoms with Gasteiger partial charge in [0.15, 0.2) is 9.84 Å². The molecule has 0 unspecified atom stereocenters. The number of piperidine rings is 1. The molecule has 2 aliphatic rings. The number of hydrogen-bond donors (Lipinski definition) is 1. The summed E-state index contributed by atoms with van der Waals surface area (Å²) in [5.41, 5.74) is 1.51. The Morgan fingerprint density at radius 2 is 1.64 bits per heavy atom. The fourth-order valence-electron chi connectivity index (χ4n) is 6.93. The molecule has 12 heteroatoms. The van der Waals surface area contributed by atoms with Gasteiger partial charge in [0.05, 0.1) is 51.7 Å². The molecule has 50 heavy (non-hydrogen) atoms. The Balaban J connectivity index is 1.50. The summed E-state index contributed by atoms with van der Waals surface area (Å²) in [7, 11) is -3.73. The number of alkyl halides is 3. The first-order chi connectivity index (χ1) is 23.8. The standard InChI is InChI=1S/C38H43F3N4O4S/c1-25(2)50(47,48)31-12-13-34-32(23-31)35(37(46)42-26(3)27-8-5-4-6-9-27)33(36(43-34)28-10-7-11-29(22-28)38(39,40)41)24-44-16-14-30(15-17-44)45-18-20-49-21-19-45/h4-13,22-23,25-26,30H,14-21,24H2,1-3H3,(H,42,46)/t26-/m0/s1. The lowest BCUT2D eigenvalue weighted by Crippen LogP contribution is -2.48. The van der Waals surface area contributed by atoms with E-state index in [1.165, 1.54) is 24.3 Å². The Kier molecular flexibility index (Phi) is 10.6. The SMILES string of the molecule is CC(C)S(=O)(=O)c1ccc2nc(-c3cccc(C(F)(F)F)c3)c(CN3CCC(N4CCOCC4)CC3)c(C(=O)N[C@@H](C)c3ccccc3)c2c1. The molecule has 8 nitrogen and oxygen atoms in total. The molecule has 0 bridgehead atoms. The van der Waals surface area contributed by atoms with Gasteiger partial charge in [-0.25, -0.2) is 13.4 Å². The number of amides is 1. The van der Waals surface area contributed by atoms with Gasteiger partial charge in [0.25, 0.3) is 5.91 Å². The number of likely N-dealkylation sites (tertiary alicyclic amines) is 1. The molecule has 1 amide bonds. The van der Waals surface area contributed by atoms with Crippen molar-refractivity contribution in [2.75, 3.05) is 39.4 Å². The van der Waals surface area contributed by atoms with Crippen molar-refractivity contribution in [3.8, 4) is 11.3 Å². The first-order valence-corrected chi connectivity index (χ1v) is 18.7. The van der Waals surface area contributed by atoms with Crippen LogP contribution in [0.25, 0.3) is 22.2 Å². The van der Waals surface area contributed by atoms with E-state index < -0.39 is 38.8 Å². The van der Waals surface area contributed by atoms with Crippen LogP contribution in [-0.4, -0.2) is 79.8 Å². The zero-order valence-electron chi connectivity index (χ0n) is 28.5. The van der Waals surface area contributed by atoms with Crippen LogP contribution >= 0.6 is 0 Å². The van der Waals surface area contributed by atoms with Crippen molar-refractivity contribution < 1.29 is 31.1 Å². The fourth-order valence-corrected chi connectivity index (χ4v) is 8.01. The highest BCUT2D eigenvalue weighted by Crippen LogP contribution is 2.37. The monoisotopic (exact) mass is 708 g/mol. The predicted octanol–water partition coefficient (Wildman–Crippen LogP) is 6.89. The lowest BCUT2D eigenvalue weighted by atomic mass is 9.93. The Morgan fingerprint density at radius 3 is 2.30 bits per heavy atom. The fraction of sp³-hybridized carbons (Fsp3) is 0.421. The van der Waals surface area contributed by atoms with Gasteiger partial charge in [-0.05, 0) is 82.6 Å². The largest absolute Gasteiger partial charge is 0.416 e. The zero-order chi connectivity index (χ0) is 35.6. The number of rotatable bonds is 9. The molecular weight excluding hydrogens is 666 g/mol. The van der Waals surface area contributed by atoms with E-state index in [1.54, 1.807) is 19.9 Å². The zero-order valence-corrected chi connectivity index (χ0v) is 29.4. The molecule has 2 aliphatic heterocycles. The van der Waals surface area contributed by atoms with Crippen molar-refractivity contribution in [3.63, 3.8) is 0 Å². The van der Waals surface area contributed by atoms with Crippen LogP contribution in [0.4, 0.5) is 13.2 Å². The number of nitrogens with zero attached hydrogens (tertiary/aromatic N) is 3. The molecule has 0 aliphatic carbocycles. The van der Waals surface area contributed by atoms with Crippen molar-refractivity contribution in [2.24, 2.45) is 0 Å². The lowest BCUT2D eigenvalue weighted by Gasteiger charge is -2.40. The van der Waals surface area contributed by atoms with Gasteiger partial charge in [-0.2, -0.15) is 13.2 Å². The van der Waals surface area contributed by atoms with Crippen molar-refractivity contribution >= 4 is 26.6 Å². The van der Waals surface area contributed by atoms with Crippen LogP contribution in [0.5, 0.6) is 0 Å². The summed E-state index contributed by atoms with van der Waals surface area (Å²) in [5, 5.41) is 2.72. The highest BCUT2D eigenvalue weighted by molar-refractivity contribution is 7.92. The summed E-state index contributed by atoms with van der Waals surface area (Å²) in [6, 6.07) is 18.9. The van der Waals surface area contributed by atoms with E-state index in [-0.39, 0.29) is 28.3 Å². The van der Waals surface area contributed by atoms with Gasteiger partial charge in [-0.1, -0.05) is 42.5 Å². The van der Waals surface area contributed by atoms with E-state index in [0.29, 0.717) is 48.8 Å². The minimum atomic E-state index is -4.58. The smallest absolute Gasteiger partial charge is 0.379 e. The molecule has 1 N–H and O–H groups in total. The van der Waals surface area contributed by atoms with E-state index in [4.69, 9.17) is 9.72 Å². The molecule has 3 heterocycles. The molecule has 3 aromatic carbocycles. The van der Waals surface area contributed by atoms with Crippen molar-refractivity contribution in [3.05, 3.63) is 95.1 Å². The number of pyridine rings is 1. The van der Waals surface area contributed by atoms with Crippen LogP contribution < -0.4 is 5.32 Å². The molecule has 0 radical (unpaired) electrons. The highest BCUT2D eigenvalue weighted by Gasteiger charge is 2.33. The van der Waals surface area contributed by atoms with E-state index in [1.807, 2.05) is 37.3 Å². The maximum atomic E-state index is 14.6. The number of ether oxygens (including phenoxy) is 1. The van der Waals surface area contributed by atoms with E-state index in [2.05, 4.69) is 15.1 Å². The molecule has 0 spiro atoms. The maximum Gasteiger partial charge on any atom is 0.416 e. The quantitative estimate of drug-likeness (QED) is 0.203. The second-order valence-corrected chi connectivity index (χ2v) is 15.9. The van der Waals surface area contributed by atoms with E-state index in [9.17, 15) is 26.4 Å². The third-order valence-corrected chi connectivity index (χ3v) is 12.0. The Hall–Kier alpha value is -3.84. The Bertz CT molecular complexity index is 1940. The summed E-state index contributed by atoms with van der Waals surface area (Å²) >= 11 is 0. The number of hydrogen-bond acceptors (Lipinski definition) is 7. The highest BCUT2D eigenvalue weighted by atomic mass is 32.2. The molecule has 1 atom stereocenters. The molecule has 0 saturated carbocycles. The third kappa shape index (κ3) is 7.73. The lowest BCUT2D eigenvalue weighted by molar-refractivity contribution is -0.137. The van der Waals surface area contributed by atoms with Crippen molar-refractivity contribution in [1.29, 1.82) is 0 Å². The first kappa shape index (κ1) is 36.0. The summed E-state index contributed by atoms with van der Waals surface area (Å²) < 4.78 is 74.2. The first-order valence-electron chi connectivity index (χ1n) is 17.1. The van der Waals surface area contributed by atoms with Crippen LogP contribution in [0, 0.1) is 0 Å². The second-order valence-electron chi connectivity index (χ2n) is 13.4. The van der Waals surface area contributed by atoms with Gasteiger partial charge in [-0.3, -0.25) is 14.6 Å². The topological polar surface area (TPSA) is 91.8 Å². The number of carbonyl (C=O) groups excluding carboxylic acids is 1. The molecule has 1 aromatic heterocycles. The molecular formula is C38H43F3N4O4S. The average molecular weight is 709 g/mol. The molecule has 2 fully saturated rings. The van der Waals surface area contributed by atoms with Gasteiger partial charge >= 0.3 is 6.18 Å². The van der Waals surface area contributed by atoms with Crippen molar-refractivity contribution in [2.45, 2.75) is 68.6 Å². The Morgan fingerprint density at radius 1 is 0.940 bits per heavy atom. The van der Waals surface area contributed by atoms with Gasteiger partial charge in [0, 0.05) is 42.2 Å². The minimum absolute atomic E-state index is 0.0519. The number of carbonyl (C=O) groups is 1. The summed E-state index contributed by atoms with van der Waals surface area (Å²) in [6.45, 7) is 9.88. The minimum Gasteiger partial charge on any atom is -0.379 e. The number of halogens is 3. The molecule has 2 saturated heterocycles. The van der Waals surface area contributed by atoms with Crippen LogP contribution in [0.3, 0.4) is 0 Å². The molecule has 4 aromatic rings. The number of nitrogens with one attached hydrogen (secondary N) is 1. The maximum absolute atomic E-state index is 14.6. The Labute approximate surface area is 291 Å². The molecule has 6 rings (SSSR count). The molecule has 266 valence electrons. The summed E-state index contributed by atoms with van der Waals surface area (Å²) in [5.74, 6) is -0.459. The summed E-state index contributed by atoms with van der Waals surface area (Å²) in [4.78, 5) is 24.2. The number of benzene rings is 3. The predicted molar refractivity (Wildman–Crippen MR) is 188 cm³/mol. The van der Waals surface area contributed by atoms with Crippen LogP contribution in [0.1, 0.15) is 66.7 Å². The van der Waals surface area contributed by atoms with Gasteiger partial charge in [-0.15, -0.1) is 0 Å². The van der Waals surface area contributed by atoms with E-state index in [0.717, 1.165) is 43.6 Å². The second kappa shape index (κ2) is 14.8. The number of morpholine rings is 1. The number of fused-ring (bicyclic) bond motifs is 1. The van der Waals surface area contributed by atoms with Gasteiger partial charge in [0.1, 0.15) is 0 Å². The number of aromatic nitrogens is 1. The third-order valence-electron chi connectivity index (χ3n) is 9.84. The van der Waals surface area contributed by atoms with Gasteiger partial charge < -0.3 is 10.1 Å².